The van der Waals surface area contributed by atoms with Crippen LogP contribution in [0.5, 0.6) is 0 Å². The Labute approximate surface area is 92.3 Å². The third-order valence-electron chi connectivity index (χ3n) is 3.24. The minimum absolute atomic E-state index is 0.543. The standard InChI is InChI=1S/C13H20N2/c1-9-5-6-11-12(7-9)14-8-10(2)13(11)15(3)4/h5-7,10,13-14H,8H2,1-4H3. The van der Waals surface area contributed by atoms with Crippen LogP contribution in [-0.2, 0) is 0 Å². The Bertz CT molecular complexity index is 358. The highest BCUT2D eigenvalue weighted by molar-refractivity contribution is 5.56. The van der Waals surface area contributed by atoms with E-state index in [-0.39, 0.29) is 0 Å². The molecule has 1 aliphatic heterocycles. The van der Waals surface area contributed by atoms with Gasteiger partial charge in [-0.2, -0.15) is 0 Å². The van der Waals surface area contributed by atoms with Crippen LogP contribution in [0.15, 0.2) is 18.2 Å². The first-order valence-corrected chi connectivity index (χ1v) is 5.60. The summed E-state index contributed by atoms with van der Waals surface area (Å²) in [7, 11) is 4.33. The van der Waals surface area contributed by atoms with Gasteiger partial charge >= 0.3 is 0 Å². The molecular weight excluding hydrogens is 184 g/mol. The van der Waals surface area contributed by atoms with Crippen LogP contribution in [-0.4, -0.2) is 25.5 Å². The van der Waals surface area contributed by atoms with Gasteiger partial charge in [-0.15, -0.1) is 0 Å². The summed E-state index contributed by atoms with van der Waals surface area (Å²) in [6.07, 6.45) is 0. The summed E-state index contributed by atoms with van der Waals surface area (Å²) >= 11 is 0. The topological polar surface area (TPSA) is 15.3 Å². The molecule has 1 aromatic carbocycles. The van der Waals surface area contributed by atoms with Crippen LogP contribution in [0.2, 0.25) is 0 Å². The van der Waals surface area contributed by atoms with Crippen molar-refractivity contribution in [1.82, 2.24) is 4.90 Å². The second-order valence-electron chi connectivity index (χ2n) is 4.86. The lowest BCUT2D eigenvalue weighted by Gasteiger charge is -2.36. The smallest absolute Gasteiger partial charge is 0.0404 e. The van der Waals surface area contributed by atoms with E-state index >= 15 is 0 Å². The normalized spacial score (nSPS) is 24.9. The molecule has 82 valence electrons. The van der Waals surface area contributed by atoms with Crippen LogP contribution in [0.1, 0.15) is 24.1 Å². The van der Waals surface area contributed by atoms with Gasteiger partial charge in [0.05, 0.1) is 0 Å². The summed E-state index contributed by atoms with van der Waals surface area (Å²) in [5, 5.41) is 3.51. The molecule has 1 heterocycles. The highest BCUT2D eigenvalue weighted by atomic mass is 15.1. The minimum Gasteiger partial charge on any atom is -0.384 e. The van der Waals surface area contributed by atoms with Crippen LogP contribution in [0, 0.1) is 12.8 Å². The molecule has 2 atom stereocenters. The lowest BCUT2D eigenvalue weighted by atomic mass is 9.88. The molecule has 0 amide bonds. The monoisotopic (exact) mass is 204 g/mol. The summed E-state index contributed by atoms with van der Waals surface area (Å²) in [4.78, 5) is 2.32. The average molecular weight is 204 g/mol. The van der Waals surface area contributed by atoms with Crippen molar-refractivity contribution in [2.75, 3.05) is 26.0 Å². The number of nitrogens with one attached hydrogen (secondary N) is 1. The SMILES string of the molecule is Cc1ccc2c(c1)NCC(C)C2N(C)C. The Balaban J connectivity index is 2.43. The van der Waals surface area contributed by atoms with E-state index in [4.69, 9.17) is 0 Å². The van der Waals surface area contributed by atoms with Crippen molar-refractivity contribution in [2.24, 2.45) is 5.92 Å². The largest absolute Gasteiger partial charge is 0.384 e. The second-order valence-corrected chi connectivity index (χ2v) is 4.86. The molecule has 0 radical (unpaired) electrons. The molecule has 0 spiro atoms. The van der Waals surface area contributed by atoms with E-state index in [1.807, 2.05) is 0 Å². The Morgan fingerprint density at radius 3 is 2.73 bits per heavy atom. The Hall–Kier alpha value is -1.02. The Kier molecular flexibility index (Phi) is 2.70. The molecule has 2 rings (SSSR count). The highest BCUT2D eigenvalue weighted by Gasteiger charge is 2.27. The van der Waals surface area contributed by atoms with Gasteiger partial charge in [-0.3, -0.25) is 0 Å². The minimum atomic E-state index is 0.543. The molecule has 0 bridgehead atoms. The number of benzene rings is 1. The van der Waals surface area contributed by atoms with Crippen LogP contribution in [0.4, 0.5) is 5.69 Å². The van der Waals surface area contributed by atoms with Crippen molar-refractivity contribution in [3.63, 3.8) is 0 Å². The molecule has 1 aliphatic rings. The number of fused-ring (bicyclic) bond motifs is 1. The van der Waals surface area contributed by atoms with Crippen molar-refractivity contribution < 1.29 is 0 Å². The van der Waals surface area contributed by atoms with Crippen molar-refractivity contribution >= 4 is 5.69 Å². The van der Waals surface area contributed by atoms with E-state index in [1.54, 1.807) is 0 Å². The molecule has 0 saturated carbocycles. The third kappa shape index (κ3) is 1.86. The van der Waals surface area contributed by atoms with Crippen LogP contribution in [0.25, 0.3) is 0 Å². The van der Waals surface area contributed by atoms with Gasteiger partial charge in [-0.05, 0) is 44.1 Å². The fraction of sp³-hybridized carbons (Fsp3) is 0.538. The summed E-state index contributed by atoms with van der Waals surface area (Å²) in [6.45, 7) is 5.52. The van der Waals surface area contributed by atoms with Gasteiger partial charge in [-0.1, -0.05) is 19.1 Å². The number of hydrogen-bond acceptors (Lipinski definition) is 2. The summed E-state index contributed by atoms with van der Waals surface area (Å²) in [5.41, 5.74) is 4.07. The number of hydrogen-bond donors (Lipinski definition) is 1. The maximum atomic E-state index is 3.51. The fourth-order valence-electron chi connectivity index (χ4n) is 2.56. The quantitative estimate of drug-likeness (QED) is 0.756. The zero-order valence-electron chi connectivity index (χ0n) is 10.0. The van der Waals surface area contributed by atoms with Crippen LogP contribution in [0.3, 0.4) is 0 Å². The van der Waals surface area contributed by atoms with E-state index in [9.17, 15) is 0 Å². The first-order chi connectivity index (χ1) is 7.09. The van der Waals surface area contributed by atoms with Gasteiger partial charge < -0.3 is 10.2 Å². The summed E-state index contributed by atoms with van der Waals surface area (Å²) < 4.78 is 0. The Morgan fingerprint density at radius 1 is 1.33 bits per heavy atom. The first-order valence-electron chi connectivity index (χ1n) is 5.60. The van der Waals surface area contributed by atoms with Crippen LogP contribution < -0.4 is 5.32 Å². The molecule has 15 heavy (non-hydrogen) atoms. The van der Waals surface area contributed by atoms with Gasteiger partial charge in [0.25, 0.3) is 0 Å². The molecule has 0 aliphatic carbocycles. The van der Waals surface area contributed by atoms with Gasteiger partial charge in [0.1, 0.15) is 0 Å². The first kappa shape index (κ1) is 10.5. The zero-order valence-corrected chi connectivity index (χ0v) is 10.0. The molecule has 2 unspecified atom stereocenters. The van der Waals surface area contributed by atoms with Gasteiger partial charge in [0.15, 0.2) is 0 Å². The lowest BCUT2D eigenvalue weighted by molar-refractivity contribution is 0.225. The third-order valence-corrected chi connectivity index (χ3v) is 3.24. The molecular formula is C13H20N2. The van der Waals surface area contributed by atoms with Crippen molar-refractivity contribution in [3.05, 3.63) is 29.3 Å². The van der Waals surface area contributed by atoms with Crippen molar-refractivity contribution in [1.29, 1.82) is 0 Å². The lowest BCUT2D eigenvalue weighted by Crippen LogP contribution is -2.34. The fourth-order valence-corrected chi connectivity index (χ4v) is 2.56. The molecule has 1 N–H and O–H groups in total. The summed E-state index contributed by atoms with van der Waals surface area (Å²) in [5.74, 6) is 0.662. The molecule has 0 fully saturated rings. The molecule has 0 aromatic heterocycles. The number of nitrogens with zero attached hydrogens (tertiary/aromatic N) is 1. The van der Waals surface area contributed by atoms with Gasteiger partial charge in [-0.25, -0.2) is 0 Å². The zero-order chi connectivity index (χ0) is 11.0. The van der Waals surface area contributed by atoms with E-state index in [1.165, 1.54) is 16.8 Å². The number of rotatable bonds is 1. The molecule has 2 nitrogen and oxygen atoms in total. The summed E-state index contributed by atoms with van der Waals surface area (Å²) in [6, 6.07) is 7.26. The maximum Gasteiger partial charge on any atom is 0.0404 e. The number of anilines is 1. The predicted octanol–water partition coefficient (Wildman–Crippen LogP) is 2.66. The average Bonchev–Trinajstić information content (AvgIpc) is 2.17. The van der Waals surface area contributed by atoms with E-state index in [0.29, 0.717) is 12.0 Å². The van der Waals surface area contributed by atoms with E-state index < -0.39 is 0 Å². The van der Waals surface area contributed by atoms with Crippen LogP contribution >= 0.6 is 0 Å². The van der Waals surface area contributed by atoms with E-state index in [0.717, 1.165) is 6.54 Å². The van der Waals surface area contributed by atoms with Crippen molar-refractivity contribution in [3.8, 4) is 0 Å². The highest BCUT2D eigenvalue weighted by Crippen LogP contribution is 2.36. The van der Waals surface area contributed by atoms with Gasteiger partial charge in [0.2, 0.25) is 0 Å². The predicted molar refractivity (Wildman–Crippen MR) is 65.3 cm³/mol. The van der Waals surface area contributed by atoms with Crippen molar-refractivity contribution in [2.45, 2.75) is 19.9 Å². The molecule has 0 saturated heterocycles. The second kappa shape index (κ2) is 3.86. The Morgan fingerprint density at radius 2 is 2.07 bits per heavy atom. The molecule has 1 aromatic rings. The maximum absolute atomic E-state index is 3.51. The number of aryl methyl sites for hydroxylation is 1. The van der Waals surface area contributed by atoms with Gasteiger partial charge in [0, 0.05) is 18.3 Å². The molecule has 2 heteroatoms. The van der Waals surface area contributed by atoms with E-state index in [2.05, 4.69) is 56.4 Å².